The van der Waals surface area contributed by atoms with Gasteiger partial charge in [0, 0.05) is 5.33 Å². The highest BCUT2D eigenvalue weighted by molar-refractivity contribution is 9.09. The number of hydrogen-bond donors (Lipinski definition) is 0. The molecular formula is C11H21Br. The number of rotatable bonds is 1. The summed E-state index contributed by atoms with van der Waals surface area (Å²) >= 11 is 3.61. The molecule has 0 bridgehead atoms. The van der Waals surface area contributed by atoms with E-state index in [-0.39, 0.29) is 0 Å². The lowest BCUT2D eigenvalue weighted by Gasteiger charge is -2.44. The van der Waals surface area contributed by atoms with Crippen LogP contribution in [0.1, 0.15) is 47.0 Å². The van der Waals surface area contributed by atoms with Crippen LogP contribution in [0.15, 0.2) is 0 Å². The minimum Gasteiger partial charge on any atom is -0.0925 e. The molecule has 0 aliphatic heterocycles. The zero-order chi connectivity index (χ0) is 9.41. The molecule has 0 N–H and O–H groups in total. The quantitative estimate of drug-likeness (QED) is 0.594. The Bertz CT molecular complexity index is 142. The van der Waals surface area contributed by atoms with Crippen LogP contribution in [0.2, 0.25) is 0 Å². The third-order valence-corrected chi connectivity index (χ3v) is 3.77. The zero-order valence-corrected chi connectivity index (χ0v) is 10.4. The Labute approximate surface area is 85.3 Å². The molecule has 0 aromatic rings. The molecule has 1 fully saturated rings. The first-order valence-electron chi connectivity index (χ1n) is 4.91. The van der Waals surface area contributed by atoms with Crippen LogP contribution in [-0.4, -0.2) is 5.33 Å². The van der Waals surface area contributed by atoms with Crippen LogP contribution in [0, 0.1) is 16.7 Å². The van der Waals surface area contributed by atoms with E-state index in [4.69, 9.17) is 0 Å². The maximum atomic E-state index is 3.61. The van der Waals surface area contributed by atoms with Gasteiger partial charge in [0.25, 0.3) is 0 Å². The minimum atomic E-state index is 0.556. The van der Waals surface area contributed by atoms with E-state index in [9.17, 15) is 0 Å². The lowest BCUT2D eigenvalue weighted by atomic mass is 9.62. The van der Waals surface area contributed by atoms with Gasteiger partial charge in [0.15, 0.2) is 0 Å². The average Bonchev–Trinajstić information content (AvgIpc) is 1.80. The molecule has 0 aromatic carbocycles. The predicted octanol–water partition coefficient (Wildman–Crippen LogP) is 4.23. The Balaban J connectivity index is 2.66. The summed E-state index contributed by atoms with van der Waals surface area (Å²) in [6.07, 6.45) is 4.16. The summed E-state index contributed by atoms with van der Waals surface area (Å²) < 4.78 is 0. The molecule has 0 unspecified atom stereocenters. The molecule has 0 radical (unpaired) electrons. The molecule has 0 nitrogen and oxygen atoms in total. The minimum absolute atomic E-state index is 0.556. The van der Waals surface area contributed by atoms with Gasteiger partial charge in [0.05, 0.1) is 0 Å². The van der Waals surface area contributed by atoms with Crippen molar-refractivity contribution in [1.82, 2.24) is 0 Å². The number of halogens is 1. The molecule has 0 heterocycles. The molecule has 0 amide bonds. The number of alkyl halides is 1. The second-order valence-corrected chi connectivity index (χ2v) is 6.58. The van der Waals surface area contributed by atoms with E-state index in [1.165, 1.54) is 24.6 Å². The second-order valence-electron chi connectivity index (χ2n) is 5.93. The van der Waals surface area contributed by atoms with E-state index in [0.29, 0.717) is 10.8 Å². The third kappa shape index (κ3) is 2.76. The molecule has 0 aromatic heterocycles. The summed E-state index contributed by atoms with van der Waals surface area (Å²) in [5.41, 5.74) is 1.11. The molecule has 1 heteroatoms. The fraction of sp³-hybridized carbons (Fsp3) is 1.00. The van der Waals surface area contributed by atoms with Crippen LogP contribution in [0.3, 0.4) is 0 Å². The first kappa shape index (κ1) is 10.6. The zero-order valence-electron chi connectivity index (χ0n) is 8.78. The van der Waals surface area contributed by atoms with Crippen LogP contribution in [0.5, 0.6) is 0 Å². The van der Waals surface area contributed by atoms with Gasteiger partial charge in [-0.25, -0.2) is 0 Å². The van der Waals surface area contributed by atoms with Gasteiger partial charge < -0.3 is 0 Å². The SMILES string of the molecule is CC1(C)CC(CBr)CC(C)(C)C1. The lowest BCUT2D eigenvalue weighted by Crippen LogP contribution is -2.34. The Hall–Kier alpha value is 0.480. The van der Waals surface area contributed by atoms with Gasteiger partial charge >= 0.3 is 0 Å². The summed E-state index contributed by atoms with van der Waals surface area (Å²) in [6, 6.07) is 0. The highest BCUT2D eigenvalue weighted by Crippen LogP contribution is 2.48. The lowest BCUT2D eigenvalue weighted by molar-refractivity contribution is 0.0777. The van der Waals surface area contributed by atoms with Crippen LogP contribution >= 0.6 is 15.9 Å². The second kappa shape index (κ2) is 3.32. The molecule has 1 aliphatic rings. The van der Waals surface area contributed by atoms with E-state index in [1.54, 1.807) is 0 Å². The van der Waals surface area contributed by atoms with E-state index in [1.807, 2.05) is 0 Å². The van der Waals surface area contributed by atoms with Crippen molar-refractivity contribution in [2.45, 2.75) is 47.0 Å². The van der Waals surface area contributed by atoms with Crippen molar-refractivity contribution in [3.05, 3.63) is 0 Å². The third-order valence-electron chi connectivity index (χ3n) is 2.86. The van der Waals surface area contributed by atoms with Crippen molar-refractivity contribution in [2.24, 2.45) is 16.7 Å². The van der Waals surface area contributed by atoms with Crippen molar-refractivity contribution < 1.29 is 0 Å². The van der Waals surface area contributed by atoms with Crippen molar-refractivity contribution >= 4 is 15.9 Å². The van der Waals surface area contributed by atoms with E-state index >= 15 is 0 Å². The van der Waals surface area contributed by atoms with Gasteiger partial charge in [-0.3, -0.25) is 0 Å². The molecule has 0 saturated heterocycles. The smallest absolute Gasteiger partial charge is 0.00600 e. The van der Waals surface area contributed by atoms with Crippen molar-refractivity contribution in [3.63, 3.8) is 0 Å². The Kier molecular flexibility index (Phi) is 2.92. The summed E-state index contributed by atoms with van der Waals surface area (Å²) in [7, 11) is 0. The largest absolute Gasteiger partial charge is 0.0925 e. The van der Waals surface area contributed by atoms with Gasteiger partial charge in [-0.15, -0.1) is 0 Å². The summed E-state index contributed by atoms with van der Waals surface area (Å²) in [5.74, 6) is 0.892. The summed E-state index contributed by atoms with van der Waals surface area (Å²) in [5, 5.41) is 1.18. The molecule has 1 rings (SSSR count). The molecule has 12 heavy (non-hydrogen) atoms. The maximum absolute atomic E-state index is 3.61. The van der Waals surface area contributed by atoms with Crippen molar-refractivity contribution in [2.75, 3.05) is 5.33 Å². The highest BCUT2D eigenvalue weighted by Gasteiger charge is 2.37. The van der Waals surface area contributed by atoms with Crippen molar-refractivity contribution in [1.29, 1.82) is 0 Å². The van der Waals surface area contributed by atoms with E-state index in [0.717, 1.165) is 5.92 Å². The Morgan fingerprint density at radius 2 is 1.50 bits per heavy atom. The fourth-order valence-corrected chi connectivity index (χ4v) is 3.64. The monoisotopic (exact) mass is 232 g/mol. The number of hydrogen-bond acceptors (Lipinski definition) is 0. The van der Waals surface area contributed by atoms with Crippen LogP contribution in [0.25, 0.3) is 0 Å². The molecule has 0 spiro atoms. The summed E-state index contributed by atoms with van der Waals surface area (Å²) in [6.45, 7) is 9.63. The Morgan fingerprint density at radius 3 is 1.83 bits per heavy atom. The van der Waals surface area contributed by atoms with Gasteiger partial charge in [-0.1, -0.05) is 43.6 Å². The molecule has 0 atom stereocenters. The molecule has 72 valence electrons. The van der Waals surface area contributed by atoms with Crippen LogP contribution in [0.4, 0.5) is 0 Å². The highest BCUT2D eigenvalue weighted by atomic mass is 79.9. The molecule has 1 saturated carbocycles. The topological polar surface area (TPSA) is 0 Å². The predicted molar refractivity (Wildman–Crippen MR) is 58.7 cm³/mol. The van der Waals surface area contributed by atoms with Gasteiger partial charge in [-0.05, 0) is 36.0 Å². The van der Waals surface area contributed by atoms with Gasteiger partial charge in [-0.2, -0.15) is 0 Å². The maximum Gasteiger partial charge on any atom is 0.00600 e. The molecule has 1 aliphatic carbocycles. The fourth-order valence-electron chi connectivity index (χ4n) is 3.18. The average molecular weight is 233 g/mol. The van der Waals surface area contributed by atoms with E-state index in [2.05, 4.69) is 43.6 Å². The van der Waals surface area contributed by atoms with Crippen LogP contribution < -0.4 is 0 Å². The Morgan fingerprint density at radius 1 is 1.08 bits per heavy atom. The van der Waals surface area contributed by atoms with Crippen LogP contribution in [-0.2, 0) is 0 Å². The van der Waals surface area contributed by atoms with Gasteiger partial charge in [0.1, 0.15) is 0 Å². The molecular weight excluding hydrogens is 212 g/mol. The first-order valence-corrected chi connectivity index (χ1v) is 6.03. The normalized spacial score (nSPS) is 28.8. The standard InChI is InChI=1S/C11H21Br/c1-10(2)5-9(7-12)6-11(3,4)8-10/h9H,5-8H2,1-4H3. The summed E-state index contributed by atoms with van der Waals surface area (Å²) in [4.78, 5) is 0. The van der Waals surface area contributed by atoms with E-state index < -0.39 is 0 Å². The van der Waals surface area contributed by atoms with Crippen molar-refractivity contribution in [3.8, 4) is 0 Å². The van der Waals surface area contributed by atoms with Gasteiger partial charge in [0.2, 0.25) is 0 Å². The first-order chi connectivity index (χ1) is 5.35.